The summed E-state index contributed by atoms with van der Waals surface area (Å²) < 4.78 is 27.2. The zero-order valence-electron chi connectivity index (χ0n) is 27.7. The van der Waals surface area contributed by atoms with Gasteiger partial charge in [0.25, 0.3) is 5.82 Å². The van der Waals surface area contributed by atoms with Gasteiger partial charge in [-0.3, -0.25) is 0 Å². The molecule has 49 heavy (non-hydrogen) atoms. The molecule has 0 bridgehead atoms. The number of hydrogen-bond donors (Lipinski definition) is 0. The third kappa shape index (κ3) is 5.90. The molecule has 0 saturated carbocycles. The quantitative estimate of drug-likeness (QED) is 0.139. The van der Waals surface area contributed by atoms with Gasteiger partial charge in [0, 0.05) is 29.1 Å². The van der Waals surface area contributed by atoms with Gasteiger partial charge in [-0.15, -0.1) is 0 Å². The lowest BCUT2D eigenvalue weighted by Gasteiger charge is -2.21. The van der Waals surface area contributed by atoms with Gasteiger partial charge in [-0.25, -0.2) is 9.13 Å². The van der Waals surface area contributed by atoms with Crippen LogP contribution in [0.5, 0.6) is 11.5 Å². The first-order chi connectivity index (χ1) is 23.7. The lowest BCUT2D eigenvalue weighted by molar-refractivity contribution is -0.716. The summed E-state index contributed by atoms with van der Waals surface area (Å²) in [4.78, 5) is 12.3. The van der Waals surface area contributed by atoms with Crippen molar-refractivity contribution in [1.29, 1.82) is 0 Å². The van der Waals surface area contributed by atoms with Gasteiger partial charge < -0.3 is 13.9 Å². The predicted octanol–water partition coefficient (Wildman–Crippen LogP) is 8.71. The summed E-state index contributed by atoms with van der Waals surface area (Å²) >= 11 is 0. The van der Waals surface area contributed by atoms with Crippen LogP contribution in [0.25, 0.3) is 38.4 Å². The van der Waals surface area contributed by atoms with Crippen molar-refractivity contribution in [3.05, 3.63) is 150 Å². The molecular formula is C41H36N3O4P. The van der Waals surface area contributed by atoms with Gasteiger partial charge in [-0.2, -0.15) is 0 Å². The van der Waals surface area contributed by atoms with Crippen molar-refractivity contribution in [3.63, 3.8) is 0 Å². The largest absolute Gasteiger partial charge is 0.736 e. The summed E-state index contributed by atoms with van der Waals surface area (Å²) in [5, 5.41) is 8.73. The number of phosphoric ester groups is 1. The summed E-state index contributed by atoms with van der Waals surface area (Å²) in [5.41, 5.74) is 7.97. The van der Waals surface area contributed by atoms with E-state index < -0.39 is 7.82 Å². The molecule has 0 saturated heterocycles. The second-order valence-electron chi connectivity index (χ2n) is 13.0. The van der Waals surface area contributed by atoms with Crippen LogP contribution >= 0.6 is 7.82 Å². The first-order valence-electron chi connectivity index (χ1n) is 16.6. The van der Waals surface area contributed by atoms with Crippen LogP contribution in [0.15, 0.2) is 122 Å². The number of rotatable bonds is 3. The Kier molecular flexibility index (Phi) is 7.82. The van der Waals surface area contributed by atoms with Crippen molar-refractivity contribution in [2.24, 2.45) is 0 Å². The number of aryl methyl sites for hydroxylation is 4. The number of fused-ring (bicyclic) bond motifs is 8. The zero-order chi connectivity index (χ0) is 33.7. The van der Waals surface area contributed by atoms with Gasteiger partial charge in [-0.05, 0) is 77.6 Å². The van der Waals surface area contributed by atoms with Crippen LogP contribution in [0.4, 0.5) is 0 Å². The summed E-state index contributed by atoms with van der Waals surface area (Å²) in [6, 6.07) is 38.5. The Bertz CT molecular complexity index is 2310. The van der Waals surface area contributed by atoms with Gasteiger partial charge in [0.2, 0.25) is 6.33 Å². The molecule has 2 aliphatic rings. The minimum Gasteiger partial charge on any atom is -0.736 e. The Hall–Kier alpha value is -5.23. The third-order valence-electron chi connectivity index (χ3n) is 9.48. The van der Waals surface area contributed by atoms with Gasteiger partial charge in [0.15, 0.2) is 0 Å². The predicted molar refractivity (Wildman–Crippen MR) is 191 cm³/mol. The highest BCUT2D eigenvalue weighted by molar-refractivity contribution is 7.46. The van der Waals surface area contributed by atoms with Crippen molar-refractivity contribution in [3.8, 4) is 28.3 Å². The van der Waals surface area contributed by atoms with E-state index in [4.69, 9.17) is 14.1 Å². The molecule has 7 aromatic rings. The van der Waals surface area contributed by atoms with Crippen LogP contribution < -0.4 is 18.5 Å². The number of phosphoric acid groups is 1. The molecule has 0 unspecified atom stereocenters. The maximum Gasteiger partial charge on any atom is 0.372 e. The van der Waals surface area contributed by atoms with E-state index in [2.05, 4.69) is 78.8 Å². The van der Waals surface area contributed by atoms with Crippen molar-refractivity contribution < 1.29 is 23.1 Å². The van der Waals surface area contributed by atoms with Crippen LogP contribution in [0, 0.1) is 20.8 Å². The fourth-order valence-corrected chi connectivity index (χ4v) is 8.29. The number of nitrogens with zero attached hydrogens (tertiary/aromatic N) is 3. The third-order valence-corrected chi connectivity index (χ3v) is 10.3. The Labute approximate surface area is 285 Å². The van der Waals surface area contributed by atoms with Gasteiger partial charge >= 0.3 is 7.82 Å². The smallest absolute Gasteiger partial charge is 0.372 e. The van der Waals surface area contributed by atoms with E-state index >= 15 is 0 Å². The summed E-state index contributed by atoms with van der Waals surface area (Å²) in [6.45, 7) is 6.50. The molecule has 8 heteroatoms. The van der Waals surface area contributed by atoms with E-state index in [1.54, 1.807) is 12.1 Å². The highest BCUT2D eigenvalue weighted by Crippen LogP contribution is 2.55. The maximum atomic E-state index is 12.3. The fraction of sp³-hybridized carbons (Fsp3) is 0.171. The SMILES string of the molecule is Cc1cc(C)c(-n2c[n+]3c(n2)CC[C@@H]3Cc2ccccc2)c(C)c1.O=P1([O-])Oc2ccc3ccccc3c2-c2c(ccc3ccccc23)O1. The molecule has 1 atom stereocenters. The molecule has 0 radical (unpaired) electrons. The molecule has 9 rings (SSSR count). The van der Waals surface area contributed by atoms with E-state index in [1.165, 1.54) is 40.2 Å². The van der Waals surface area contributed by atoms with Crippen molar-refractivity contribution in [2.75, 3.05) is 0 Å². The monoisotopic (exact) mass is 665 g/mol. The Morgan fingerprint density at radius 1 is 0.776 bits per heavy atom. The first-order valence-corrected chi connectivity index (χ1v) is 18.1. The van der Waals surface area contributed by atoms with E-state index in [0.717, 1.165) is 45.5 Å². The lowest BCUT2D eigenvalue weighted by Crippen LogP contribution is -2.37. The van der Waals surface area contributed by atoms with Gasteiger partial charge in [0.05, 0.1) is 6.04 Å². The van der Waals surface area contributed by atoms with E-state index in [-0.39, 0.29) is 11.5 Å². The molecule has 3 heterocycles. The molecule has 244 valence electrons. The van der Waals surface area contributed by atoms with Crippen LogP contribution in [-0.2, 0) is 17.4 Å². The normalized spacial score (nSPS) is 15.6. The maximum absolute atomic E-state index is 12.3. The van der Waals surface area contributed by atoms with Crippen molar-refractivity contribution in [1.82, 2.24) is 9.78 Å². The van der Waals surface area contributed by atoms with Crippen LogP contribution in [0.2, 0.25) is 0 Å². The van der Waals surface area contributed by atoms with Gasteiger partial charge in [-0.1, -0.05) is 113 Å². The first kappa shape index (κ1) is 31.1. The summed E-state index contributed by atoms with van der Waals surface area (Å²) in [7, 11) is -4.50. The second-order valence-corrected chi connectivity index (χ2v) is 14.2. The minimum absolute atomic E-state index is 0.284. The standard InChI is InChI=1S/C21H24N3.C20H13O4P/c1-15-11-16(2)21(17(3)12-15)24-14-23-19(9-10-20(23)22-24)13-18-7-5-4-6-8-18;21-25(22)23-17-11-9-13-5-1-3-7-15(13)19(17)20-16-8-4-2-6-14(16)10-12-18(20)24-25/h4-8,11-12,14,19H,9-10,13H2,1-3H3;1-12H,(H,21,22)/q+1;/p-1/t19-;/m1./s1. The molecule has 2 aliphatic heterocycles. The molecule has 1 aromatic heterocycles. The van der Waals surface area contributed by atoms with E-state index in [1.807, 2.05) is 60.7 Å². The average Bonchev–Trinajstić information content (AvgIpc) is 3.63. The zero-order valence-corrected chi connectivity index (χ0v) is 28.6. The highest BCUT2D eigenvalue weighted by atomic mass is 31.2. The number of hydrogen-bond acceptors (Lipinski definition) is 5. The van der Waals surface area contributed by atoms with E-state index in [0.29, 0.717) is 6.04 Å². The van der Waals surface area contributed by atoms with Gasteiger partial charge in [0.1, 0.15) is 17.2 Å². The molecule has 7 nitrogen and oxygen atoms in total. The average molecular weight is 666 g/mol. The number of benzene rings is 6. The second kappa shape index (κ2) is 12.3. The molecule has 0 spiro atoms. The van der Waals surface area contributed by atoms with Crippen molar-refractivity contribution >= 4 is 29.4 Å². The van der Waals surface area contributed by atoms with Crippen LogP contribution in [-0.4, -0.2) is 9.78 Å². The molecule has 0 N–H and O–H groups in total. The Morgan fingerprint density at radius 3 is 1.92 bits per heavy atom. The molecule has 0 amide bonds. The topological polar surface area (TPSA) is 80.3 Å². The molecule has 0 fully saturated rings. The van der Waals surface area contributed by atoms with Crippen LogP contribution in [0.3, 0.4) is 0 Å². The molecular weight excluding hydrogens is 629 g/mol. The highest BCUT2D eigenvalue weighted by Gasteiger charge is 2.32. The molecule has 6 aromatic carbocycles. The Morgan fingerprint density at radius 2 is 1.33 bits per heavy atom. The summed E-state index contributed by atoms with van der Waals surface area (Å²) in [5.74, 6) is 1.77. The van der Waals surface area contributed by atoms with Crippen LogP contribution in [0.1, 0.15) is 40.5 Å². The Balaban J connectivity index is 0.000000142. The lowest BCUT2D eigenvalue weighted by atomic mass is 9.92. The summed E-state index contributed by atoms with van der Waals surface area (Å²) in [6.07, 6.45) is 5.52. The fourth-order valence-electron chi connectivity index (χ4n) is 7.46. The number of aromatic nitrogens is 3. The minimum atomic E-state index is -4.50. The van der Waals surface area contributed by atoms with E-state index in [9.17, 15) is 9.46 Å². The van der Waals surface area contributed by atoms with Crippen molar-refractivity contribution in [2.45, 2.75) is 46.1 Å². The molecule has 0 aliphatic carbocycles.